The first-order valence-electron chi connectivity index (χ1n) is 18.9. The number of carbonyl (C=O) groups excluding carboxylic acids is 4. The molecule has 6 rings (SSSR count). The standard InChI is InChI=1S/C40H41F5N8O6/c41-29-19-26(13-16-28(29)34(55)49-30-2-1-17-47-35(30)56)23-7-3-21(4-8-23)18-31(50-33(54)25-9-5-22(20-46)6-10-25)36(57)48-27-14-11-24(12-15-27)32-51-37(53-52-32)39(42,43)40(44,45)38(58)59/h3-4,7-8,11-16,19,22,25,30-31H,1-2,5-6,9-10,17-18,20,46H2,(H,47,56)(H,48,57)(H,49,55)(H,50,54)(H,58,59)(H,51,52,53). The third-order valence-corrected chi connectivity index (χ3v) is 10.6. The summed E-state index contributed by atoms with van der Waals surface area (Å²) in [6.07, 6.45) is 3.94. The van der Waals surface area contributed by atoms with Gasteiger partial charge < -0.3 is 32.1 Å². The molecule has 2 aliphatic rings. The summed E-state index contributed by atoms with van der Waals surface area (Å²) in [5.74, 6) is -18.5. The summed E-state index contributed by atoms with van der Waals surface area (Å²) >= 11 is 0. The molecule has 8 N–H and O–H groups in total. The lowest BCUT2D eigenvalue weighted by atomic mass is 9.81. The van der Waals surface area contributed by atoms with Crippen molar-refractivity contribution in [1.82, 2.24) is 31.1 Å². The maximum absolute atomic E-state index is 15.2. The number of alkyl halides is 4. The van der Waals surface area contributed by atoms with Gasteiger partial charge in [-0.1, -0.05) is 30.3 Å². The summed E-state index contributed by atoms with van der Waals surface area (Å²) in [7, 11) is 0. The van der Waals surface area contributed by atoms with Crippen molar-refractivity contribution in [2.45, 2.75) is 68.9 Å². The van der Waals surface area contributed by atoms with Crippen LogP contribution in [0.1, 0.15) is 60.3 Å². The number of carbonyl (C=O) groups is 5. The highest BCUT2D eigenvalue weighted by molar-refractivity contribution is 5.99. The van der Waals surface area contributed by atoms with E-state index in [1.165, 1.54) is 36.4 Å². The van der Waals surface area contributed by atoms with E-state index in [0.29, 0.717) is 61.4 Å². The Morgan fingerprint density at radius 3 is 2.19 bits per heavy atom. The van der Waals surface area contributed by atoms with E-state index in [0.717, 1.165) is 12.8 Å². The minimum absolute atomic E-state index is 0.0471. The molecular weight excluding hydrogens is 783 g/mol. The Labute approximate surface area is 333 Å². The average Bonchev–Trinajstić information content (AvgIpc) is 3.73. The van der Waals surface area contributed by atoms with Crippen LogP contribution in [-0.4, -0.2) is 81.0 Å². The summed E-state index contributed by atoms with van der Waals surface area (Å²) in [6, 6.07) is 14.5. The fourth-order valence-corrected chi connectivity index (χ4v) is 7.00. The molecule has 1 aromatic heterocycles. The number of benzene rings is 3. The predicted molar refractivity (Wildman–Crippen MR) is 202 cm³/mol. The van der Waals surface area contributed by atoms with Crippen molar-refractivity contribution < 1.29 is 51.0 Å². The molecule has 0 bridgehead atoms. The number of piperidine rings is 1. The second-order valence-electron chi connectivity index (χ2n) is 14.6. The molecule has 2 fully saturated rings. The molecule has 4 amide bonds. The Morgan fingerprint density at radius 2 is 1.56 bits per heavy atom. The van der Waals surface area contributed by atoms with Crippen LogP contribution in [0.15, 0.2) is 66.7 Å². The Hall–Kier alpha value is -6.24. The zero-order valence-corrected chi connectivity index (χ0v) is 31.4. The first-order chi connectivity index (χ1) is 28.1. The van der Waals surface area contributed by atoms with Crippen LogP contribution in [0.5, 0.6) is 0 Å². The van der Waals surface area contributed by atoms with Gasteiger partial charge in [-0.3, -0.25) is 24.3 Å². The average molecular weight is 825 g/mol. The van der Waals surface area contributed by atoms with Crippen molar-refractivity contribution in [3.63, 3.8) is 0 Å². The summed E-state index contributed by atoms with van der Waals surface area (Å²) in [5.41, 5.74) is 7.61. The van der Waals surface area contributed by atoms with Gasteiger partial charge in [-0.15, -0.1) is 0 Å². The van der Waals surface area contributed by atoms with E-state index in [2.05, 4.69) is 31.3 Å². The van der Waals surface area contributed by atoms with Crippen molar-refractivity contribution in [1.29, 1.82) is 0 Å². The zero-order chi connectivity index (χ0) is 42.5. The number of halogens is 5. The highest BCUT2D eigenvalue weighted by Gasteiger charge is 2.65. The molecule has 312 valence electrons. The predicted octanol–water partition coefficient (Wildman–Crippen LogP) is 4.53. The topological polar surface area (TPSA) is 221 Å². The van der Waals surface area contributed by atoms with Crippen LogP contribution < -0.4 is 27.0 Å². The molecule has 19 heteroatoms. The van der Waals surface area contributed by atoms with E-state index in [4.69, 9.17) is 10.8 Å². The zero-order valence-electron chi connectivity index (χ0n) is 31.4. The lowest BCUT2D eigenvalue weighted by molar-refractivity contribution is -0.231. The number of hydrogen-bond acceptors (Lipinski definition) is 8. The molecule has 0 spiro atoms. The fourth-order valence-electron chi connectivity index (χ4n) is 7.00. The molecule has 1 saturated carbocycles. The number of nitrogens with two attached hydrogens (primary N) is 1. The van der Waals surface area contributed by atoms with Crippen molar-refractivity contribution in [3.8, 4) is 22.5 Å². The number of anilines is 1. The molecule has 14 nitrogen and oxygen atoms in total. The molecular formula is C40H41F5N8O6. The number of nitrogens with one attached hydrogen (secondary N) is 5. The Kier molecular flexibility index (Phi) is 12.7. The second-order valence-corrected chi connectivity index (χ2v) is 14.6. The highest BCUT2D eigenvalue weighted by atomic mass is 19.3. The van der Waals surface area contributed by atoms with Gasteiger partial charge in [0.25, 0.3) is 5.91 Å². The quantitative estimate of drug-likeness (QED) is 0.0887. The van der Waals surface area contributed by atoms with E-state index in [1.54, 1.807) is 35.4 Å². The maximum Gasteiger partial charge on any atom is 0.411 e. The molecule has 2 unspecified atom stereocenters. The van der Waals surface area contributed by atoms with Gasteiger partial charge in [0, 0.05) is 30.1 Å². The maximum atomic E-state index is 15.2. The third-order valence-electron chi connectivity index (χ3n) is 10.6. The van der Waals surface area contributed by atoms with Crippen LogP contribution in [0, 0.1) is 17.7 Å². The number of hydrogen-bond donors (Lipinski definition) is 7. The van der Waals surface area contributed by atoms with Gasteiger partial charge in [0.1, 0.15) is 17.9 Å². The lowest BCUT2D eigenvalue weighted by Gasteiger charge is -2.28. The second kappa shape index (κ2) is 17.7. The van der Waals surface area contributed by atoms with E-state index in [9.17, 15) is 41.5 Å². The van der Waals surface area contributed by atoms with Crippen LogP contribution in [-0.2, 0) is 31.5 Å². The van der Waals surface area contributed by atoms with Crippen molar-refractivity contribution in [2.24, 2.45) is 17.6 Å². The van der Waals surface area contributed by atoms with Crippen LogP contribution in [0.2, 0.25) is 0 Å². The minimum atomic E-state index is -5.46. The first-order valence-corrected chi connectivity index (χ1v) is 18.9. The molecule has 0 radical (unpaired) electrons. The Bertz CT molecular complexity index is 2190. The van der Waals surface area contributed by atoms with E-state index >= 15 is 4.39 Å². The first kappa shape index (κ1) is 42.4. The summed E-state index contributed by atoms with van der Waals surface area (Å²) < 4.78 is 71.0. The smallest absolute Gasteiger partial charge is 0.411 e. The van der Waals surface area contributed by atoms with Crippen LogP contribution in [0.4, 0.5) is 27.6 Å². The minimum Gasteiger partial charge on any atom is -0.477 e. The van der Waals surface area contributed by atoms with Gasteiger partial charge in [0.05, 0.1) is 5.56 Å². The van der Waals surface area contributed by atoms with E-state index < -0.39 is 59.2 Å². The number of carboxylic acids is 1. The molecule has 3 aromatic carbocycles. The summed E-state index contributed by atoms with van der Waals surface area (Å²) in [6.45, 7) is 1.04. The van der Waals surface area contributed by atoms with Crippen LogP contribution in [0.3, 0.4) is 0 Å². The van der Waals surface area contributed by atoms with Crippen LogP contribution in [0.25, 0.3) is 22.5 Å². The number of nitrogens with zero attached hydrogens (tertiary/aromatic N) is 2. The molecule has 1 aliphatic heterocycles. The number of carboxylic acid groups (broad SMARTS) is 1. The molecule has 1 aliphatic carbocycles. The fraction of sp³-hybridized carbons (Fsp3) is 0.375. The monoisotopic (exact) mass is 824 g/mol. The normalized spacial score (nSPS) is 18.9. The number of amides is 4. The van der Waals surface area contributed by atoms with Gasteiger partial charge in [-0.2, -0.15) is 22.7 Å². The highest BCUT2D eigenvalue weighted by Crippen LogP contribution is 2.42. The van der Waals surface area contributed by atoms with Gasteiger partial charge in [-0.25, -0.2) is 14.2 Å². The molecule has 2 heterocycles. The summed E-state index contributed by atoms with van der Waals surface area (Å²) in [5, 5.41) is 24.6. The van der Waals surface area contributed by atoms with Crippen molar-refractivity contribution in [3.05, 3.63) is 89.5 Å². The van der Waals surface area contributed by atoms with E-state index in [-0.39, 0.29) is 41.0 Å². The van der Waals surface area contributed by atoms with E-state index in [1.807, 2.05) is 0 Å². The molecule has 1 saturated heterocycles. The Morgan fingerprint density at radius 1 is 0.898 bits per heavy atom. The SMILES string of the molecule is NCC1CCC(C(=O)NC(Cc2ccc(-c3ccc(C(=O)NC4CCCNC4=O)c(F)c3)cc2)C(=O)Nc2ccc(-c3n[nH]c(C(F)(F)C(F)(F)C(=O)O)n3)cc2)CC1. The molecule has 4 aromatic rings. The number of aliphatic carboxylic acids is 1. The van der Waals surface area contributed by atoms with Gasteiger partial charge in [0.2, 0.25) is 23.5 Å². The van der Waals surface area contributed by atoms with Gasteiger partial charge in [-0.05, 0) is 104 Å². The third kappa shape index (κ3) is 9.56. The van der Waals surface area contributed by atoms with Gasteiger partial charge >= 0.3 is 17.8 Å². The molecule has 59 heavy (non-hydrogen) atoms. The summed E-state index contributed by atoms with van der Waals surface area (Å²) in [4.78, 5) is 66.1. The largest absolute Gasteiger partial charge is 0.477 e. The number of aromatic nitrogens is 3. The Balaban J connectivity index is 1.15. The van der Waals surface area contributed by atoms with Crippen molar-refractivity contribution >= 4 is 35.3 Å². The number of rotatable bonds is 14. The van der Waals surface area contributed by atoms with Crippen molar-refractivity contribution in [2.75, 3.05) is 18.4 Å². The number of H-pyrrole nitrogens is 1. The van der Waals surface area contributed by atoms with Gasteiger partial charge in [0.15, 0.2) is 5.82 Å². The van der Waals surface area contributed by atoms with Crippen LogP contribution >= 0.6 is 0 Å². The lowest BCUT2D eigenvalue weighted by Crippen LogP contribution is -2.50. The molecule has 2 atom stereocenters. The number of aromatic amines is 1.